The number of pyridine rings is 1. The van der Waals surface area contributed by atoms with Gasteiger partial charge in [0.25, 0.3) is 0 Å². The minimum absolute atomic E-state index is 0.0863. The maximum atomic E-state index is 13.6. The number of ether oxygens (including phenoxy) is 4. The van der Waals surface area contributed by atoms with E-state index in [0.717, 1.165) is 42.9 Å². The van der Waals surface area contributed by atoms with Crippen molar-refractivity contribution in [3.8, 4) is 11.5 Å². The maximum Gasteiger partial charge on any atom is 0.387 e. The molecule has 14 heteroatoms. The van der Waals surface area contributed by atoms with E-state index in [4.69, 9.17) is 37.4 Å². The summed E-state index contributed by atoms with van der Waals surface area (Å²) in [5.41, 5.74) is 2.02. The Bertz CT molecular complexity index is 1840. The van der Waals surface area contributed by atoms with Gasteiger partial charge in [-0.2, -0.15) is 8.78 Å². The number of halogens is 4. The van der Waals surface area contributed by atoms with Gasteiger partial charge in [0.2, 0.25) is 0 Å². The molecule has 0 aliphatic carbocycles. The monoisotopic (exact) mass is 787 g/mol. The highest BCUT2D eigenvalue weighted by atomic mass is 35.5. The zero-order valence-electron chi connectivity index (χ0n) is 29.3. The quantitative estimate of drug-likeness (QED) is 0.112. The summed E-state index contributed by atoms with van der Waals surface area (Å²) in [6.07, 6.45) is 4.83. The van der Waals surface area contributed by atoms with Gasteiger partial charge >= 0.3 is 18.6 Å². The number of aromatic nitrogens is 1. The number of fused-ring (bicyclic) bond motifs is 3. The van der Waals surface area contributed by atoms with Gasteiger partial charge in [0, 0.05) is 36.3 Å². The number of hydrogen-bond donors (Lipinski definition) is 1. The van der Waals surface area contributed by atoms with E-state index in [1.807, 2.05) is 36.4 Å². The minimum atomic E-state index is -3.04. The molecule has 1 unspecified atom stereocenters. The van der Waals surface area contributed by atoms with Crippen molar-refractivity contribution in [1.82, 2.24) is 15.2 Å². The lowest BCUT2D eigenvalue weighted by Gasteiger charge is -2.44. The predicted octanol–water partition coefficient (Wildman–Crippen LogP) is 8.49. The van der Waals surface area contributed by atoms with Gasteiger partial charge in [-0.25, -0.2) is 9.59 Å². The van der Waals surface area contributed by atoms with Crippen LogP contribution in [-0.4, -0.2) is 66.9 Å². The summed E-state index contributed by atoms with van der Waals surface area (Å²) in [5.74, 6) is -0.967. The number of thiophene rings is 1. The molecular formula is C39H41Cl2F2N3O6S. The van der Waals surface area contributed by atoms with Crippen LogP contribution in [0.4, 0.5) is 8.78 Å². The fourth-order valence-corrected chi connectivity index (χ4v) is 8.12. The summed E-state index contributed by atoms with van der Waals surface area (Å²) < 4.78 is 48.8. The first-order valence-electron chi connectivity index (χ1n) is 17.5. The first-order valence-corrected chi connectivity index (χ1v) is 19.1. The van der Waals surface area contributed by atoms with Crippen molar-refractivity contribution in [2.45, 2.75) is 70.4 Å². The molecule has 4 aromatic rings. The Morgan fingerprint density at radius 1 is 0.962 bits per heavy atom. The standard InChI is InChI=1S/C39H41Cl2F2N3O6S/c1-23(2)50-33-17-26(8-10-32(33)52-39(42)43)27(16-29-30(40)19-44-20-31(29)41)22-49-37(47)35-11-9-28(53-35)18-45-36(25-6-4-3-5-7-25)38(48)51-34-21-46-14-12-24(34)13-15-46/h3-11,17,19-20,23-24,27,34,36,39,45H,12-16,18,21-22H2,1-2H3/t27-,34+,36?/m1/s1. The summed E-state index contributed by atoms with van der Waals surface area (Å²) >= 11 is 14.2. The molecule has 3 saturated heterocycles. The van der Waals surface area contributed by atoms with E-state index in [2.05, 4.69) is 19.9 Å². The molecule has 0 saturated carbocycles. The molecule has 7 rings (SSSR count). The zero-order chi connectivity index (χ0) is 37.5. The van der Waals surface area contributed by atoms with E-state index in [0.29, 0.717) is 38.5 Å². The van der Waals surface area contributed by atoms with E-state index in [-0.39, 0.29) is 42.7 Å². The van der Waals surface area contributed by atoms with Crippen LogP contribution < -0.4 is 14.8 Å². The number of nitrogens with zero attached hydrogens (tertiary/aromatic N) is 2. The number of esters is 2. The molecule has 2 aromatic heterocycles. The van der Waals surface area contributed by atoms with Crippen molar-refractivity contribution >= 4 is 46.5 Å². The molecule has 282 valence electrons. The molecule has 3 aliphatic heterocycles. The van der Waals surface area contributed by atoms with Crippen LogP contribution in [0.25, 0.3) is 0 Å². The second kappa shape index (κ2) is 18.0. The van der Waals surface area contributed by atoms with E-state index < -0.39 is 24.5 Å². The third-order valence-corrected chi connectivity index (χ3v) is 11.1. The summed E-state index contributed by atoms with van der Waals surface area (Å²) in [6.45, 7) is 3.60. The van der Waals surface area contributed by atoms with Crippen LogP contribution in [0.1, 0.15) is 69.9 Å². The van der Waals surface area contributed by atoms with Crippen molar-refractivity contribution in [1.29, 1.82) is 0 Å². The lowest BCUT2D eigenvalue weighted by atomic mass is 9.86. The SMILES string of the molecule is CC(C)Oc1cc([C@@H](COC(=O)c2ccc(CNC(C(=O)O[C@H]3CN4CCC3CC4)c3ccccc3)s2)Cc2c(Cl)cncc2Cl)ccc1OC(F)F. The number of carbonyl (C=O) groups excluding carboxylic acids is 2. The number of carbonyl (C=O) groups is 2. The second-order valence-corrected chi connectivity index (χ2v) is 15.4. The Morgan fingerprint density at radius 3 is 2.36 bits per heavy atom. The van der Waals surface area contributed by atoms with Crippen molar-refractivity contribution in [3.63, 3.8) is 0 Å². The van der Waals surface area contributed by atoms with Gasteiger partial charge in [-0.05, 0) is 93.1 Å². The average Bonchev–Trinajstić information content (AvgIpc) is 3.62. The molecule has 3 atom stereocenters. The Balaban J connectivity index is 1.14. The fourth-order valence-electron chi connectivity index (χ4n) is 6.75. The first kappa shape index (κ1) is 38.9. The largest absolute Gasteiger partial charge is 0.487 e. The third-order valence-electron chi connectivity index (χ3n) is 9.41. The second-order valence-electron chi connectivity index (χ2n) is 13.4. The van der Waals surface area contributed by atoms with Crippen molar-refractivity contribution < 1.29 is 37.3 Å². The zero-order valence-corrected chi connectivity index (χ0v) is 31.6. The number of rotatable bonds is 16. The van der Waals surface area contributed by atoms with E-state index >= 15 is 0 Å². The molecule has 5 heterocycles. The number of alkyl halides is 2. The molecule has 0 radical (unpaired) electrons. The van der Waals surface area contributed by atoms with Gasteiger partial charge in [0.15, 0.2) is 11.5 Å². The molecule has 3 fully saturated rings. The molecule has 53 heavy (non-hydrogen) atoms. The Hall–Kier alpha value is -3.81. The molecule has 3 aliphatic rings. The highest BCUT2D eigenvalue weighted by molar-refractivity contribution is 7.13. The smallest absolute Gasteiger partial charge is 0.387 e. The molecule has 9 nitrogen and oxygen atoms in total. The number of benzene rings is 2. The summed E-state index contributed by atoms with van der Waals surface area (Å²) in [7, 11) is 0. The van der Waals surface area contributed by atoms with Gasteiger partial charge in [-0.15, -0.1) is 11.3 Å². The highest BCUT2D eigenvalue weighted by Crippen LogP contribution is 2.37. The Kier molecular flexibility index (Phi) is 13.2. The van der Waals surface area contributed by atoms with E-state index in [9.17, 15) is 18.4 Å². The highest BCUT2D eigenvalue weighted by Gasteiger charge is 2.38. The predicted molar refractivity (Wildman–Crippen MR) is 199 cm³/mol. The number of piperidine rings is 3. The minimum Gasteiger partial charge on any atom is -0.487 e. The normalized spacial score (nSPS) is 19.2. The van der Waals surface area contributed by atoms with Crippen LogP contribution in [0, 0.1) is 5.92 Å². The van der Waals surface area contributed by atoms with Gasteiger partial charge in [-0.3, -0.25) is 15.2 Å². The molecule has 1 N–H and O–H groups in total. The third kappa shape index (κ3) is 10.2. The van der Waals surface area contributed by atoms with Crippen LogP contribution >= 0.6 is 34.5 Å². The molecule has 2 aromatic carbocycles. The topological polar surface area (TPSA) is 99.2 Å². The van der Waals surface area contributed by atoms with Crippen LogP contribution in [0.3, 0.4) is 0 Å². The van der Waals surface area contributed by atoms with Gasteiger partial charge in [0.1, 0.15) is 17.0 Å². The average molecular weight is 789 g/mol. The summed E-state index contributed by atoms with van der Waals surface area (Å²) in [6, 6.07) is 16.9. The van der Waals surface area contributed by atoms with Gasteiger partial charge < -0.3 is 18.9 Å². The number of hydrogen-bond acceptors (Lipinski definition) is 10. The van der Waals surface area contributed by atoms with Crippen molar-refractivity contribution in [3.05, 3.63) is 110 Å². The van der Waals surface area contributed by atoms with Crippen molar-refractivity contribution in [2.75, 3.05) is 26.2 Å². The van der Waals surface area contributed by atoms with E-state index in [1.54, 1.807) is 32.0 Å². The summed E-state index contributed by atoms with van der Waals surface area (Å²) in [5, 5.41) is 4.02. The van der Waals surface area contributed by atoms with Crippen LogP contribution in [0.15, 0.2) is 73.1 Å². The molecule has 0 amide bonds. The first-order chi connectivity index (χ1) is 25.5. The fraction of sp³-hybridized carbons (Fsp3) is 0.410. The Morgan fingerprint density at radius 2 is 1.70 bits per heavy atom. The lowest BCUT2D eigenvalue weighted by molar-refractivity contribution is -0.161. The number of nitrogens with one attached hydrogen (secondary N) is 1. The molecular weight excluding hydrogens is 747 g/mol. The van der Waals surface area contributed by atoms with E-state index in [1.165, 1.54) is 29.8 Å². The summed E-state index contributed by atoms with van der Waals surface area (Å²) in [4.78, 5) is 34.5. The van der Waals surface area contributed by atoms with Gasteiger partial charge in [0.05, 0.1) is 22.8 Å². The van der Waals surface area contributed by atoms with Crippen LogP contribution in [-0.2, 0) is 27.2 Å². The molecule has 0 spiro atoms. The van der Waals surface area contributed by atoms with Gasteiger partial charge in [-0.1, -0.05) is 59.6 Å². The van der Waals surface area contributed by atoms with Crippen molar-refractivity contribution in [2.24, 2.45) is 5.92 Å². The lowest BCUT2D eigenvalue weighted by Crippen LogP contribution is -2.52. The Labute approximate surface area is 321 Å². The van der Waals surface area contributed by atoms with Crippen LogP contribution in [0.5, 0.6) is 11.5 Å². The molecule has 2 bridgehead atoms. The maximum absolute atomic E-state index is 13.6. The van der Waals surface area contributed by atoms with Crippen LogP contribution in [0.2, 0.25) is 10.0 Å².